The summed E-state index contributed by atoms with van der Waals surface area (Å²) in [4.78, 5) is 12.3. The maximum absolute atomic E-state index is 11.8. The molecule has 4 nitrogen and oxygen atoms in total. The molecule has 0 spiro atoms. The number of rotatable bonds is 2. The third kappa shape index (κ3) is 3.30. The van der Waals surface area contributed by atoms with Crippen LogP contribution in [0.3, 0.4) is 0 Å². The van der Waals surface area contributed by atoms with Crippen LogP contribution in [0.2, 0.25) is 0 Å². The van der Waals surface area contributed by atoms with Crippen LogP contribution in [0.4, 0.5) is 5.69 Å². The number of phenolic OH excluding ortho intramolecular Hbond substituents is 1. The van der Waals surface area contributed by atoms with Crippen LogP contribution in [-0.2, 0) is 0 Å². The maximum atomic E-state index is 11.8. The number of thiophene rings is 1. The second-order valence-corrected chi connectivity index (χ2v) is 5.21. The number of phenols is 1. The van der Waals surface area contributed by atoms with Gasteiger partial charge in [0, 0.05) is 0 Å². The fraction of sp³-hybridized carbons (Fsp3) is 0.0769. The monoisotopic (exact) mass is 292 g/mol. The molecule has 0 aliphatic rings. The Labute approximate surface area is 120 Å². The van der Waals surface area contributed by atoms with Crippen molar-refractivity contribution < 1.29 is 9.90 Å². The summed E-state index contributed by atoms with van der Waals surface area (Å²) in [6, 6.07) is 8.77. The molecule has 2 aromatic rings. The van der Waals surface area contributed by atoms with E-state index in [2.05, 4.69) is 10.6 Å². The van der Waals surface area contributed by atoms with Gasteiger partial charge in [0.2, 0.25) is 0 Å². The van der Waals surface area contributed by atoms with Crippen LogP contribution >= 0.6 is 23.6 Å². The summed E-state index contributed by atoms with van der Waals surface area (Å²) < 4.78 is 0. The minimum absolute atomic E-state index is 0.121. The van der Waals surface area contributed by atoms with Crippen molar-refractivity contribution in [2.24, 2.45) is 0 Å². The molecule has 2 rings (SSSR count). The highest BCUT2D eigenvalue weighted by Crippen LogP contribution is 2.26. The van der Waals surface area contributed by atoms with Gasteiger partial charge < -0.3 is 10.4 Å². The van der Waals surface area contributed by atoms with Gasteiger partial charge in [0.05, 0.1) is 10.6 Å². The molecule has 0 atom stereocenters. The minimum Gasteiger partial charge on any atom is -0.505 e. The van der Waals surface area contributed by atoms with E-state index in [1.54, 1.807) is 37.3 Å². The third-order valence-corrected chi connectivity index (χ3v) is 3.53. The van der Waals surface area contributed by atoms with Gasteiger partial charge in [-0.2, -0.15) is 0 Å². The first kappa shape index (κ1) is 13.5. The highest BCUT2D eigenvalue weighted by atomic mass is 32.1. The fourth-order valence-corrected chi connectivity index (χ4v) is 2.31. The van der Waals surface area contributed by atoms with Crippen LogP contribution in [0.15, 0.2) is 35.7 Å². The van der Waals surface area contributed by atoms with Gasteiger partial charge >= 0.3 is 0 Å². The fourth-order valence-electron chi connectivity index (χ4n) is 1.49. The number of hydrogen-bond acceptors (Lipinski definition) is 4. The van der Waals surface area contributed by atoms with Crippen LogP contribution in [0.5, 0.6) is 5.75 Å². The van der Waals surface area contributed by atoms with Gasteiger partial charge in [-0.15, -0.1) is 11.3 Å². The topological polar surface area (TPSA) is 61.4 Å². The first-order valence-electron chi connectivity index (χ1n) is 5.52. The number of amides is 1. The predicted octanol–water partition coefficient (Wildman–Crippen LogP) is 2.89. The summed E-state index contributed by atoms with van der Waals surface area (Å²) in [6.07, 6.45) is 0. The second-order valence-electron chi connectivity index (χ2n) is 3.86. The highest BCUT2D eigenvalue weighted by Gasteiger charge is 2.10. The molecule has 1 aromatic heterocycles. The van der Waals surface area contributed by atoms with E-state index in [0.717, 1.165) is 5.56 Å². The standard InChI is InChI=1S/C13H12N2O2S2/c1-8-4-2-5-9(11(8)16)14-13(18)15-12(17)10-6-3-7-19-10/h2-7,16H,1H3,(H2,14,15,17,18). The van der Waals surface area contributed by atoms with Crippen molar-refractivity contribution >= 4 is 40.3 Å². The van der Waals surface area contributed by atoms with Gasteiger partial charge in [-0.3, -0.25) is 10.1 Å². The van der Waals surface area contributed by atoms with E-state index in [-0.39, 0.29) is 16.8 Å². The normalized spacial score (nSPS) is 9.95. The molecular weight excluding hydrogens is 280 g/mol. The number of thiocarbonyl (C=S) groups is 1. The average molecular weight is 292 g/mol. The maximum Gasteiger partial charge on any atom is 0.267 e. The lowest BCUT2D eigenvalue weighted by molar-refractivity contribution is 0.0981. The molecule has 19 heavy (non-hydrogen) atoms. The van der Waals surface area contributed by atoms with Crippen molar-refractivity contribution in [1.29, 1.82) is 0 Å². The molecule has 0 radical (unpaired) electrons. The Morgan fingerprint density at radius 3 is 2.79 bits per heavy atom. The Morgan fingerprint density at radius 2 is 2.11 bits per heavy atom. The molecule has 1 aromatic carbocycles. The quantitative estimate of drug-likeness (QED) is 0.588. The zero-order valence-electron chi connectivity index (χ0n) is 10.1. The van der Waals surface area contributed by atoms with E-state index in [9.17, 15) is 9.90 Å². The minimum atomic E-state index is -0.264. The second kappa shape index (κ2) is 5.81. The summed E-state index contributed by atoms with van der Waals surface area (Å²) in [5.74, 6) is -0.144. The van der Waals surface area contributed by atoms with Gasteiger partial charge in [-0.05, 0) is 42.2 Å². The molecule has 0 fully saturated rings. The van der Waals surface area contributed by atoms with Crippen molar-refractivity contribution in [2.45, 2.75) is 6.92 Å². The Hall–Kier alpha value is -1.92. The van der Waals surface area contributed by atoms with E-state index < -0.39 is 0 Å². The van der Waals surface area contributed by atoms with Gasteiger partial charge in [0.1, 0.15) is 5.75 Å². The largest absolute Gasteiger partial charge is 0.505 e. The van der Waals surface area contributed by atoms with Crippen molar-refractivity contribution in [2.75, 3.05) is 5.32 Å². The lowest BCUT2D eigenvalue weighted by atomic mass is 10.2. The molecule has 0 unspecified atom stereocenters. The Morgan fingerprint density at radius 1 is 1.32 bits per heavy atom. The highest BCUT2D eigenvalue weighted by molar-refractivity contribution is 7.80. The summed E-state index contributed by atoms with van der Waals surface area (Å²) in [6.45, 7) is 1.79. The van der Waals surface area contributed by atoms with Gasteiger partial charge in [0.25, 0.3) is 5.91 Å². The number of aryl methyl sites for hydroxylation is 1. The molecule has 0 saturated carbocycles. The zero-order valence-corrected chi connectivity index (χ0v) is 11.8. The lowest BCUT2D eigenvalue weighted by Gasteiger charge is -2.11. The van der Waals surface area contributed by atoms with Crippen molar-refractivity contribution in [1.82, 2.24) is 5.32 Å². The summed E-state index contributed by atoms with van der Waals surface area (Å²) in [7, 11) is 0. The summed E-state index contributed by atoms with van der Waals surface area (Å²) in [5, 5.41) is 17.2. The predicted molar refractivity (Wildman–Crippen MR) is 80.8 cm³/mol. The Kier molecular flexibility index (Phi) is 4.13. The number of para-hydroxylation sites is 1. The number of nitrogens with one attached hydrogen (secondary N) is 2. The smallest absolute Gasteiger partial charge is 0.267 e. The molecular formula is C13H12N2O2S2. The molecule has 98 valence electrons. The van der Waals surface area contributed by atoms with Crippen LogP contribution in [0, 0.1) is 6.92 Å². The van der Waals surface area contributed by atoms with E-state index in [1.165, 1.54) is 11.3 Å². The number of anilines is 1. The van der Waals surface area contributed by atoms with E-state index in [4.69, 9.17) is 12.2 Å². The van der Waals surface area contributed by atoms with Gasteiger partial charge in [-0.1, -0.05) is 18.2 Å². The Bertz CT molecular complexity index is 609. The van der Waals surface area contributed by atoms with E-state index in [0.29, 0.717) is 10.6 Å². The SMILES string of the molecule is Cc1cccc(NC(=S)NC(=O)c2cccs2)c1O. The molecule has 0 aliphatic carbocycles. The number of carbonyl (C=O) groups excluding carboxylic acids is 1. The number of benzene rings is 1. The number of hydrogen-bond donors (Lipinski definition) is 3. The summed E-state index contributed by atoms with van der Waals surface area (Å²) in [5.41, 5.74) is 1.20. The van der Waals surface area contributed by atoms with Crippen molar-refractivity contribution in [3.8, 4) is 5.75 Å². The summed E-state index contributed by atoms with van der Waals surface area (Å²) >= 11 is 6.38. The third-order valence-electron chi connectivity index (χ3n) is 2.46. The molecule has 3 N–H and O–H groups in total. The first-order valence-corrected chi connectivity index (χ1v) is 6.81. The molecule has 0 aliphatic heterocycles. The van der Waals surface area contributed by atoms with Crippen LogP contribution in [0.1, 0.15) is 15.2 Å². The first-order chi connectivity index (χ1) is 9.08. The zero-order chi connectivity index (χ0) is 13.8. The van der Waals surface area contributed by atoms with Crippen LogP contribution in [0.25, 0.3) is 0 Å². The molecule has 0 saturated heterocycles. The number of aromatic hydroxyl groups is 1. The van der Waals surface area contributed by atoms with Gasteiger partial charge in [0.15, 0.2) is 5.11 Å². The van der Waals surface area contributed by atoms with E-state index >= 15 is 0 Å². The average Bonchev–Trinajstić information content (AvgIpc) is 2.88. The van der Waals surface area contributed by atoms with Gasteiger partial charge in [-0.25, -0.2) is 0 Å². The lowest BCUT2D eigenvalue weighted by Crippen LogP contribution is -2.33. The van der Waals surface area contributed by atoms with Crippen molar-refractivity contribution in [3.05, 3.63) is 46.2 Å². The van der Waals surface area contributed by atoms with Crippen molar-refractivity contribution in [3.63, 3.8) is 0 Å². The van der Waals surface area contributed by atoms with Crippen LogP contribution in [-0.4, -0.2) is 16.1 Å². The molecule has 1 heterocycles. The Balaban J connectivity index is 2.02. The molecule has 6 heteroatoms. The number of carbonyl (C=O) groups is 1. The van der Waals surface area contributed by atoms with Crippen LogP contribution < -0.4 is 10.6 Å². The van der Waals surface area contributed by atoms with E-state index in [1.807, 2.05) is 5.38 Å². The molecule has 0 bridgehead atoms. The molecule has 1 amide bonds.